The van der Waals surface area contributed by atoms with Gasteiger partial charge in [-0.1, -0.05) is 6.07 Å². The molecule has 0 saturated heterocycles. The van der Waals surface area contributed by atoms with Gasteiger partial charge in [-0.15, -0.1) is 0 Å². The molecule has 0 radical (unpaired) electrons. The zero-order chi connectivity index (χ0) is 13.8. The summed E-state index contributed by atoms with van der Waals surface area (Å²) in [5.74, 6) is -0.808. The fourth-order valence-electron chi connectivity index (χ4n) is 1.45. The van der Waals surface area contributed by atoms with Crippen LogP contribution in [0.25, 0.3) is 0 Å². The van der Waals surface area contributed by atoms with Crippen molar-refractivity contribution in [2.24, 2.45) is 0 Å². The van der Waals surface area contributed by atoms with Crippen molar-refractivity contribution < 1.29 is 13.9 Å². The molecule has 19 heavy (non-hydrogen) atoms. The SMILES string of the molecule is N#Cc1cccc(OC(=O)c2ccc(F)cc2Br)c1. The van der Waals surface area contributed by atoms with Gasteiger partial charge in [-0.3, -0.25) is 0 Å². The number of rotatable bonds is 2. The largest absolute Gasteiger partial charge is 0.423 e. The Hall–Kier alpha value is -2.19. The van der Waals surface area contributed by atoms with Crippen molar-refractivity contribution in [1.82, 2.24) is 0 Å². The highest BCUT2D eigenvalue weighted by atomic mass is 79.9. The third-order valence-corrected chi connectivity index (χ3v) is 2.98. The Kier molecular flexibility index (Phi) is 3.93. The highest BCUT2D eigenvalue weighted by Gasteiger charge is 2.13. The van der Waals surface area contributed by atoms with Gasteiger partial charge in [0, 0.05) is 4.47 Å². The average molecular weight is 320 g/mol. The predicted molar refractivity (Wildman–Crippen MR) is 70.2 cm³/mol. The summed E-state index contributed by atoms with van der Waals surface area (Å²) >= 11 is 3.10. The first kappa shape index (κ1) is 13.2. The molecule has 0 aliphatic carbocycles. The maximum absolute atomic E-state index is 12.9. The summed E-state index contributed by atoms with van der Waals surface area (Å²) in [6.45, 7) is 0. The van der Waals surface area contributed by atoms with Crippen molar-refractivity contribution in [3.8, 4) is 11.8 Å². The third kappa shape index (κ3) is 3.18. The van der Waals surface area contributed by atoms with Gasteiger partial charge in [0.05, 0.1) is 17.2 Å². The van der Waals surface area contributed by atoms with Gasteiger partial charge in [-0.25, -0.2) is 9.18 Å². The van der Waals surface area contributed by atoms with Crippen LogP contribution in [0.5, 0.6) is 5.75 Å². The van der Waals surface area contributed by atoms with Crippen LogP contribution in [0.15, 0.2) is 46.9 Å². The lowest BCUT2D eigenvalue weighted by Gasteiger charge is -2.06. The molecule has 0 fully saturated rings. The van der Waals surface area contributed by atoms with Gasteiger partial charge >= 0.3 is 5.97 Å². The minimum absolute atomic E-state index is 0.212. The van der Waals surface area contributed by atoms with E-state index >= 15 is 0 Å². The van der Waals surface area contributed by atoms with Crippen molar-refractivity contribution in [3.63, 3.8) is 0 Å². The summed E-state index contributed by atoms with van der Waals surface area (Å²) in [6.07, 6.45) is 0. The lowest BCUT2D eigenvalue weighted by atomic mass is 10.2. The number of hydrogen-bond donors (Lipinski definition) is 0. The molecule has 2 rings (SSSR count). The number of nitriles is 1. The number of ether oxygens (including phenoxy) is 1. The van der Waals surface area contributed by atoms with Gasteiger partial charge in [-0.2, -0.15) is 5.26 Å². The summed E-state index contributed by atoms with van der Waals surface area (Å²) in [5.41, 5.74) is 0.604. The maximum atomic E-state index is 12.9. The molecule has 0 unspecified atom stereocenters. The molecule has 0 atom stereocenters. The van der Waals surface area contributed by atoms with Gasteiger partial charge in [0.15, 0.2) is 0 Å². The Balaban J connectivity index is 2.23. The van der Waals surface area contributed by atoms with E-state index in [-0.39, 0.29) is 11.3 Å². The summed E-state index contributed by atoms with van der Waals surface area (Å²) < 4.78 is 18.4. The zero-order valence-electron chi connectivity index (χ0n) is 9.56. The highest BCUT2D eigenvalue weighted by Crippen LogP contribution is 2.21. The van der Waals surface area contributed by atoms with Crippen LogP contribution in [0.2, 0.25) is 0 Å². The molecule has 0 aliphatic heterocycles. The molecule has 0 N–H and O–H groups in total. The van der Waals surface area contributed by atoms with Crippen LogP contribution in [0.1, 0.15) is 15.9 Å². The normalized spacial score (nSPS) is 9.74. The third-order valence-electron chi connectivity index (χ3n) is 2.32. The van der Waals surface area contributed by atoms with Crippen LogP contribution in [0.3, 0.4) is 0 Å². The van der Waals surface area contributed by atoms with Crippen molar-refractivity contribution in [2.75, 3.05) is 0 Å². The molecule has 0 heterocycles. The summed E-state index contributed by atoms with van der Waals surface area (Å²) in [4.78, 5) is 11.9. The lowest BCUT2D eigenvalue weighted by Crippen LogP contribution is -2.09. The Morgan fingerprint density at radius 1 is 1.26 bits per heavy atom. The summed E-state index contributed by atoms with van der Waals surface area (Å²) in [5, 5.41) is 8.75. The summed E-state index contributed by atoms with van der Waals surface area (Å²) in [6, 6.07) is 11.9. The van der Waals surface area contributed by atoms with Gasteiger partial charge in [0.2, 0.25) is 0 Å². The van der Waals surface area contributed by atoms with Crippen LogP contribution >= 0.6 is 15.9 Å². The van der Waals surface area contributed by atoms with E-state index in [1.54, 1.807) is 18.2 Å². The quantitative estimate of drug-likeness (QED) is 0.626. The molecule has 2 aromatic rings. The first-order valence-corrected chi connectivity index (χ1v) is 6.07. The summed E-state index contributed by atoms with van der Waals surface area (Å²) in [7, 11) is 0. The second kappa shape index (κ2) is 5.63. The molecule has 0 aromatic heterocycles. The van der Waals surface area contributed by atoms with E-state index in [2.05, 4.69) is 15.9 Å². The van der Waals surface area contributed by atoms with Crippen LogP contribution in [0, 0.1) is 17.1 Å². The van der Waals surface area contributed by atoms with E-state index in [9.17, 15) is 9.18 Å². The van der Waals surface area contributed by atoms with Gasteiger partial charge < -0.3 is 4.74 Å². The Labute approximate surface area is 117 Å². The molecule has 2 aromatic carbocycles. The molecule has 0 amide bonds. The number of hydrogen-bond acceptors (Lipinski definition) is 3. The standard InChI is InChI=1S/C14H7BrFNO2/c15-13-7-10(16)4-5-12(13)14(18)19-11-3-1-2-9(6-11)8-17/h1-7H. The van der Waals surface area contributed by atoms with Crippen molar-refractivity contribution >= 4 is 21.9 Å². The number of halogens is 2. The van der Waals surface area contributed by atoms with Gasteiger partial charge in [0.25, 0.3) is 0 Å². The topological polar surface area (TPSA) is 50.1 Å². The number of carbonyl (C=O) groups excluding carboxylic acids is 1. The van der Waals surface area contributed by atoms with Crippen LogP contribution in [-0.4, -0.2) is 5.97 Å². The smallest absolute Gasteiger partial charge is 0.344 e. The van der Waals surface area contributed by atoms with Gasteiger partial charge in [0.1, 0.15) is 11.6 Å². The zero-order valence-corrected chi connectivity index (χ0v) is 11.1. The van der Waals surface area contributed by atoms with E-state index < -0.39 is 11.8 Å². The van der Waals surface area contributed by atoms with Crippen LogP contribution in [-0.2, 0) is 0 Å². The van der Waals surface area contributed by atoms with Gasteiger partial charge in [-0.05, 0) is 52.3 Å². The highest BCUT2D eigenvalue weighted by molar-refractivity contribution is 9.10. The number of nitrogens with zero attached hydrogens (tertiary/aromatic N) is 1. The first-order chi connectivity index (χ1) is 9.10. The van der Waals surface area contributed by atoms with E-state index in [1.807, 2.05) is 6.07 Å². The van der Waals surface area contributed by atoms with Crippen molar-refractivity contribution in [3.05, 3.63) is 63.9 Å². The molecular formula is C14H7BrFNO2. The molecule has 0 bridgehead atoms. The van der Waals surface area contributed by atoms with Crippen molar-refractivity contribution in [2.45, 2.75) is 0 Å². The fraction of sp³-hybridized carbons (Fsp3) is 0. The number of benzene rings is 2. The molecule has 0 spiro atoms. The Bertz CT molecular complexity index is 679. The maximum Gasteiger partial charge on any atom is 0.344 e. The van der Waals surface area contributed by atoms with Crippen LogP contribution in [0.4, 0.5) is 4.39 Å². The van der Waals surface area contributed by atoms with Crippen molar-refractivity contribution in [1.29, 1.82) is 5.26 Å². The van der Waals surface area contributed by atoms with E-state index in [1.165, 1.54) is 24.3 Å². The Morgan fingerprint density at radius 2 is 2.05 bits per heavy atom. The predicted octanol–water partition coefficient (Wildman–Crippen LogP) is 3.68. The molecule has 0 saturated carbocycles. The van der Waals surface area contributed by atoms with Crippen LogP contribution < -0.4 is 4.74 Å². The second-order valence-electron chi connectivity index (χ2n) is 3.65. The van der Waals surface area contributed by atoms with E-state index in [0.717, 1.165) is 0 Å². The molecule has 3 nitrogen and oxygen atoms in total. The second-order valence-corrected chi connectivity index (χ2v) is 4.51. The lowest BCUT2D eigenvalue weighted by molar-refractivity contribution is 0.0734. The Morgan fingerprint density at radius 3 is 2.74 bits per heavy atom. The van der Waals surface area contributed by atoms with E-state index in [0.29, 0.717) is 10.0 Å². The number of esters is 1. The molecular weight excluding hydrogens is 313 g/mol. The average Bonchev–Trinajstić information content (AvgIpc) is 2.38. The molecule has 0 aliphatic rings. The minimum Gasteiger partial charge on any atom is -0.423 e. The minimum atomic E-state index is -0.623. The monoisotopic (exact) mass is 319 g/mol. The first-order valence-electron chi connectivity index (χ1n) is 5.27. The number of carbonyl (C=O) groups is 1. The van der Waals surface area contributed by atoms with E-state index in [4.69, 9.17) is 10.00 Å². The fourth-order valence-corrected chi connectivity index (χ4v) is 1.96. The molecule has 94 valence electrons. The molecule has 5 heteroatoms.